The second kappa shape index (κ2) is 4.97. The molecule has 0 bridgehead atoms. The monoisotopic (exact) mass is 249 g/mol. The minimum Gasteiger partial charge on any atom is -0.480 e. The van der Waals surface area contributed by atoms with Crippen molar-refractivity contribution in [1.29, 1.82) is 0 Å². The fourth-order valence-electron chi connectivity index (χ4n) is 1.76. The first-order valence-corrected chi connectivity index (χ1v) is 5.36. The standard InChI is InChI=1S/C12H11NO5/c14-10(15)7-18-6-5-13-11(16)8-3-1-2-4-9(8)12(13)17/h1-4H,5-7H2,(H,14,15). The molecule has 6 nitrogen and oxygen atoms in total. The highest BCUT2D eigenvalue weighted by atomic mass is 16.5. The van der Waals surface area contributed by atoms with Crippen LogP contribution in [0.15, 0.2) is 24.3 Å². The van der Waals surface area contributed by atoms with E-state index < -0.39 is 12.6 Å². The van der Waals surface area contributed by atoms with Crippen LogP contribution in [0.4, 0.5) is 0 Å². The molecule has 2 rings (SSSR count). The van der Waals surface area contributed by atoms with Gasteiger partial charge in [-0.3, -0.25) is 14.5 Å². The summed E-state index contributed by atoms with van der Waals surface area (Å²) < 4.78 is 4.81. The van der Waals surface area contributed by atoms with Crippen LogP contribution >= 0.6 is 0 Å². The number of rotatable bonds is 5. The van der Waals surface area contributed by atoms with E-state index in [0.717, 1.165) is 4.90 Å². The van der Waals surface area contributed by atoms with E-state index >= 15 is 0 Å². The van der Waals surface area contributed by atoms with Crippen molar-refractivity contribution in [3.63, 3.8) is 0 Å². The average molecular weight is 249 g/mol. The predicted molar refractivity (Wildman–Crippen MR) is 60.3 cm³/mol. The third-order valence-electron chi connectivity index (χ3n) is 2.56. The van der Waals surface area contributed by atoms with Crippen molar-refractivity contribution in [3.05, 3.63) is 35.4 Å². The molecule has 0 unspecified atom stereocenters. The zero-order valence-corrected chi connectivity index (χ0v) is 9.46. The van der Waals surface area contributed by atoms with Crippen molar-refractivity contribution in [1.82, 2.24) is 4.90 Å². The van der Waals surface area contributed by atoms with Crippen LogP contribution in [0.2, 0.25) is 0 Å². The maximum atomic E-state index is 11.9. The van der Waals surface area contributed by atoms with Gasteiger partial charge in [0.15, 0.2) is 0 Å². The van der Waals surface area contributed by atoms with Crippen LogP contribution in [0.5, 0.6) is 0 Å². The van der Waals surface area contributed by atoms with Gasteiger partial charge in [0.05, 0.1) is 24.3 Å². The van der Waals surface area contributed by atoms with Crippen LogP contribution in [-0.4, -0.2) is 47.5 Å². The van der Waals surface area contributed by atoms with Gasteiger partial charge in [-0.2, -0.15) is 0 Å². The molecule has 1 heterocycles. The van der Waals surface area contributed by atoms with E-state index in [9.17, 15) is 14.4 Å². The Morgan fingerprint density at radius 3 is 2.22 bits per heavy atom. The van der Waals surface area contributed by atoms with Crippen LogP contribution in [0.3, 0.4) is 0 Å². The van der Waals surface area contributed by atoms with Crippen LogP contribution in [-0.2, 0) is 9.53 Å². The summed E-state index contributed by atoms with van der Waals surface area (Å²) in [5, 5.41) is 8.38. The van der Waals surface area contributed by atoms with Crippen molar-refractivity contribution in [2.75, 3.05) is 19.8 Å². The van der Waals surface area contributed by atoms with E-state index in [1.165, 1.54) is 0 Å². The zero-order chi connectivity index (χ0) is 13.1. The van der Waals surface area contributed by atoms with Gasteiger partial charge in [-0.1, -0.05) is 12.1 Å². The number of benzene rings is 1. The number of nitrogens with zero attached hydrogens (tertiary/aromatic N) is 1. The number of imide groups is 1. The largest absolute Gasteiger partial charge is 0.480 e. The number of carbonyl (C=O) groups excluding carboxylic acids is 2. The molecule has 0 spiro atoms. The molecule has 1 N–H and O–H groups in total. The number of ether oxygens (including phenoxy) is 1. The quantitative estimate of drug-likeness (QED) is 0.602. The Morgan fingerprint density at radius 2 is 1.72 bits per heavy atom. The number of carboxylic acid groups (broad SMARTS) is 1. The Morgan fingerprint density at radius 1 is 1.17 bits per heavy atom. The number of hydrogen-bond acceptors (Lipinski definition) is 4. The average Bonchev–Trinajstić information content (AvgIpc) is 2.59. The van der Waals surface area contributed by atoms with Crippen LogP contribution < -0.4 is 0 Å². The summed E-state index contributed by atoms with van der Waals surface area (Å²) in [5.74, 6) is -1.82. The molecule has 0 fully saturated rings. The Hall–Kier alpha value is -2.21. The van der Waals surface area contributed by atoms with Crippen molar-refractivity contribution in [3.8, 4) is 0 Å². The lowest BCUT2D eigenvalue weighted by atomic mass is 10.1. The third-order valence-corrected chi connectivity index (χ3v) is 2.56. The molecule has 94 valence electrons. The van der Waals surface area contributed by atoms with Gasteiger partial charge in [0.1, 0.15) is 6.61 Å². The number of hydrogen-bond donors (Lipinski definition) is 1. The summed E-state index contributed by atoms with van der Waals surface area (Å²) >= 11 is 0. The van der Waals surface area contributed by atoms with E-state index in [1.807, 2.05) is 0 Å². The van der Waals surface area contributed by atoms with Crippen molar-refractivity contribution < 1.29 is 24.2 Å². The van der Waals surface area contributed by atoms with Crippen molar-refractivity contribution >= 4 is 17.8 Å². The molecular formula is C12H11NO5. The SMILES string of the molecule is O=C(O)COCCN1C(=O)c2ccccc2C1=O. The summed E-state index contributed by atoms with van der Waals surface area (Å²) in [7, 11) is 0. The fourth-order valence-corrected chi connectivity index (χ4v) is 1.76. The van der Waals surface area contributed by atoms with E-state index in [2.05, 4.69) is 0 Å². The second-order valence-electron chi connectivity index (χ2n) is 3.75. The molecule has 0 aromatic heterocycles. The van der Waals surface area contributed by atoms with Gasteiger partial charge in [-0.15, -0.1) is 0 Å². The van der Waals surface area contributed by atoms with Crippen molar-refractivity contribution in [2.24, 2.45) is 0 Å². The van der Waals surface area contributed by atoms with Gasteiger partial charge in [0, 0.05) is 0 Å². The molecule has 0 saturated heterocycles. The number of amides is 2. The molecule has 1 aliphatic heterocycles. The minimum absolute atomic E-state index is 0.0117. The third kappa shape index (κ3) is 2.23. The van der Waals surface area contributed by atoms with Gasteiger partial charge >= 0.3 is 5.97 Å². The predicted octanol–water partition coefficient (Wildman–Crippen LogP) is 0.384. The molecular weight excluding hydrogens is 238 g/mol. The summed E-state index contributed by atoms with van der Waals surface area (Å²) in [6.45, 7) is -0.374. The number of carbonyl (C=O) groups is 3. The summed E-state index contributed by atoms with van der Waals surface area (Å²) in [6, 6.07) is 6.56. The topological polar surface area (TPSA) is 83.9 Å². The molecule has 1 aromatic rings. The molecule has 0 aliphatic carbocycles. The maximum absolute atomic E-state index is 11.9. The minimum atomic E-state index is -1.09. The molecule has 1 aromatic carbocycles. The Labute approximate surface area is 103 Å². The van der Waals surface area contributed by atoms with E-state index in [4.69, 9.17) is 9.84 Å². The summed E-state index contributed by atoms with van der Waals surface area (Å²) in [6.07, 6.45) is 0. The highest BCUT2D eigenvalue weighted by Crippen LogP contribution is 2.21. The highest BCUT2D eigenvalue weighted by molar-refractivity contribution is 6.21. The van der Waals surface area contributed by atoms with Gasteiger partial charge in [-0.25, -0.2) is 4.79 Å². The van der Waals surface area contributed by atoms with Gasteiger partial charge in [0.25, 0.3) is 11.8 Å². The fraction of sp³-hybridized carbons (Fsp3) is 0.250. The molecule has 1 aliphatic rings. The Kier molecular flexibility index (Phi) is 3.38. The summed E-state index contributed by atoms with van der Waals surface area (Å²) in [4.78, 5) is 35.0. The molecule has 0 atom stereocenters. The molecule has 0 radical (unpaired) electrons. The molecule has 2 amide bonds. The van der Waals surface area contributed by atoms with Crippen LogP contribution in [0.25, 0.3) is 0 Å². The molecule has 18 heavy (non-hydrogen) atoms. The normalized spacial score (nSPS) is 13.9. The number of fused-ring (bicyclic) bond motifs is 1. The van der Waals surface area contributed by atoms with Gasteiger partial charge in [-0.05, 0) is 12.1 Å². The second-order valence-corrected chi connectivity index (χ2v) is 3.75. The number of aliphatic carboxylic acids is 1. The molecule has 0 saturated carbocycles. The smallest absolute Gasteiger partial charge is 0.329 e. The van der Waals surface area contributed by atoms with Crippen LogP contribution in [0.1, 0.15) is 20.7 Å². The maximum Gasteiger partial charge on any atom is 0.329 e. The Bertz CT molecular complexity index is 476. The van der Waals surface area contributed by atoms with E-state index in [0.29, 0.717) is 11.1 Å². The molecule has 6 heteroatoms. The summed E-state index contributed by atoms with van der Waals surface area (Å²) in [5.41, 5.74) is 0.751. The highest BCUT2D eigenvalue weighted by Gasteiger charge is 2.34. The number of carboxylic acids is 1. The van der Waals surface area contributed by atoms with Crippen molar-refractivity contribution in [2.45, 2.75) is 0 Å². The lowest BCUT2D eigenvalue weighted by molar-refractivity contribution is -0.142. The first-order chi connectivity index (χ1) is 8.61. The lowest BCUT2D eigenvalue weighted by Crippen LogP contribution is -2.33. The van der Waals surface area contributed by atoms with E-state index in [-0.39, 0.29) is 25.0 Å². The van der Waals surface area contributed by atoms with Crippen LogP contribution in [0, 0.1) is 0 Å². The van der Waals surface area contributed by atoms with Gasteiger partial charge < -0.3 is 9.84 Å². The zero-order valence-electron chi connectivity index (χ0n) is 9.46. The first-order valence-electron chi connectivity index (χ1n) is 5.36. The van der Waals surface area contributed by atoms with E-state index in [1.54, 1.807) is 24.3 Å². The van der Waals surface area contributed by atoms with Gasteiger partial charge in [0.2, 0.25) is 0 Å². The Balaban J connectivity index is 1.99. The lowest BCUT2D eigenvalue weighted by Gasteiger charge is -2.12. The first kappa shape index (κ1) is 12.3.